The summed E-state index contributed by atoms with van der Waals surface area (Å²) < 4.78 is 0. The number of nitriles is 1. The number of nitrogens with one attached hydrogen (secondary N) is 3. The normalized spacial score (nSPS) is 10.9. The van der Waals surface area contributed by atoms with Gasteiger partial charge in [-0.1, -0.05) is 38.1 Å². The summed E-state index contributed by atoms with van der Waals surface area (Å²) in [5.41, 5.74) is 2.89. The molecule has 0 heterocycles. The van der Waals surface area contributed by atoms with E-state index in [4.69, 9.17) is 0 Å². The Bertz CT molecular complexity index is 910. The molecule has 138 valence electrons. The molecule has 0 aliphatic rings. The number of nitrogens with zero attached hydrogens (tertiary/aromatic N) is 1. The molecule has 2 aromatic carbocycles. The van der Waals surface area contributed by atoms with Gasteiger partial charge in [0.05, 0.1) is 0 Å². The molecule has 0 aliphatic carbocycles. The van der Waals surface area contributed by atoms with Gasteiger partial charge >= 0.3 is 0 Å². The van der Waals surface area contributed by atoms with Crippen LogP contribution < -0.4 is 16.0 Å². The smallest absolute Gasteiger partial charge is 0.267 e. The fourth-order valence-corrected chi connectivity index (χ4v) is 2.50. The Hall–Kier alpha value is -3.59. The van der Waals surface area contributed by atoms with Gasteiger partial charge in [-0.25, -0.2) is 0 Å². The topological polar surface area (TPSA) is 94.0 Å². The predicted octanol–water partition coefficient (Wildman–Crippen LogP) is 4.23. The molecular weight excluding hydrogens is 340 g/mol. The minimum absolute atomic E-state index is 0.0570. The lowest BCUT2D eigenvalue weighted by Crippen LogP contribution is -2.16. The van der Waals surface area contributed by atoms with Crippen molar-refractivity contribution in [2.24, 2.45) is 0 Å². The van der Waals surface area contributed by atoms with E-state index in [9.17, 15) is 14.9 Å². The number of anilines is 3. The fraction of sp³-hybridized carbons (Fsp3) is 0.190. The van der Waals surface area contributed by atoms with Crippen molar-refractivity contribution in [3.63, 3.8) is 0 Å². The van der Waals surface area contributed by atoms with Crippen molar-refractivity contribution < 1.29 is 9.59 Å². The van der Waals surface area contributed by atoms with E-state index in [2.05, 4.69) is 16.0 Å². The van der Waals surface area contributed by atoms with Crippen LogP contribution in [0.15, 0.2) is 60.3 Å². The molecule has 0 spiro atoms. The third kappa shape index (κ3) is 5.72. The van der Waals surface area contributed by atoms with E-state index in [-0.39, 0.29) is 17.4 Å². The Morgan fingerprint density at radius 1 is 1.04 bits per heavy atom. The molecule has 0 aromatic heterocycles. The Labute approximate surface area is 158 Å². The second-order valence-electron chi connectivity index (χ2n) is 6.27. The van der Waals surface area contributed by atoms with E-state index >= 15 is 0 Å². The molecule has 0 aliphatic heterocycles. The van der Waals surface area contributed by atoms with Gasteiger partial charge in [0.25, 0.3) is 5.91 Å². The van der Waals surface area contributed by atoms with E-state index in [1.54, 1.807) is 24.3 Å². The zero-order valence-corrected chi connectivity index (χ0v) is 15.5. The highest BCUT2D eigenvalue weighted by molar-refractivity contribution is 6.07. The second-order valence-corrected chi connectivity index (χ2v) is 6.27. The number of amides is 2. The number of carbonyl (C=O) groups is 2. The van der Waals surface area contributed by atoms with Crippen molar-refractivity contribution in [3.8, 4) is 6.07 Å². The van der Waals surface area contributed by atoms with Crippen LogP contribution >= 0.6 is 0 Å². The van der Waals surface area contributed by atoms with Crippen LogP contribution in [0.5, 0.6) is 0 Å². The molecule has 0 atom stereocenters. The third-order valence-corrected chi connectivity index (χ3v) is 3.76. The zero-order chi connectivity index (χ0) is 19.8. The second kappa shape index (κ2) is 9.20. The van der Waals surface area contributed by atoms with Crippen LogP contribution in [0.4, 0.5) is 17.1 Å². The number of hydrogen-bond donors (Lipinski definition) is 3. The first-order valence-corrected chi connectivity index (χ1v) is 8.55. The van der Waals surface area contributed by atoms with Crippen LogP contribution in [0.25, 0.3) is 0 Å². The summed E-state index contributed by atoms with van der Waals surface area (Å²) in [6.45, 7) is 5.50. The van der Waals surface area contributed by atoms with Crippen LogP contribution in [-0.2, 0) is 9.59 Å². The Morgan fingerprint density at radius 3 is 2.41 bits per heavy atom. The van der Waals surface area contributed by atoms with Gasteiger partial charge in [0.15, 0.2) is 0 Å². The van der Waals surface area contributed by atoms with Crippen molar-refractivity contribution in [3.05, 3.63) is 65.9 Å². The summed E-state index contributed by atoms with van der Waals surface area (Å²) in [6.07, 6.45) is 1.35. The fourth-order valence-electron chi connectivity index (χ4n) is 2.50. The molecule has 0 fully saturated rings. The summed E-state index contributed by atoms with van der Waals surface area (Å²) in [6, 6.07) is 16.4. The number of carbonyl (C=O) groups excluding carboxylic acids is 2. The van der Waals surface area contributed by atoms with E-state index < -0.39 is 5.91 Å². The summed E-state index contributed by atoms with van der Waals surface area (Å²) in [5.74, 6) is -0.426. The minimum Gasteiger partial charge on any atom is -0.360 e. The molecule has 0 radical (unpaired) electrons. The van der Waals surface area contributed by atoms with Gasteiger partial charge in [-0.2, -0.15) is 5.26 Å². The molecule has 0 saturated heterocycles. The van der Waals surface area contributed by atoms with E-state index in [0.717, 1.165) is 5.56 Å². The maximum atomic E-state index is 12.5. The molecule has 2 aromatic rings. The highest BCUT2D eigenvalue weighted by atomic mass is 16.2. The average Bonchev–Trinajstić information content (AvgIpc) is 2.62. The molecule has 0 unspecified atom stereocenters. The van der Waals surface area contributed by atoms with Gasteiger partial charge in [-0.3, -0.25) is 9.59 Å². The summed E-state index contributed by atoms with van der Waals surface area (Å²) >= 11 is 0. The van der Waals surface area contributed by atoms with Gasteiger partial charge in [-0.15, -0.1) is 0 Å². The van der Waals surface area contributed by atoms with Crippen LogP contribution in [0.1, 0.15) is 32.3 Å². The highest BCUT2D eigenvalue weighted by Gasteiger charge is 2.13. The monoisotopic (exact) mass is 362 g/mol. The SMILES string of the molecule is CC(=O)Nc1cccc(N/C=C(/C#N)C(=O)Nc2ccccc2C(C)C)c1. The molecule has 2 amide bonds. The highest BCUT2D eigenvalue weighted by Crippen LogP contribution is 2.24. The van der Waals surface area contributed by atoms with E-state index in [0.29, 0.717) is 17.1 Å². The van der Waals surface area contributed by atoms with Gasteiger partial charge in [0.1, 0.15) is 11.6 Å². The van der Waals surface area contributed by atoms with E-state index in [1.807, 2.05) is 44.2 Å². The molecule has 6 heteroatoms. The molecule has 27 heavy (non-hydrogen) atoms. The molecule has 2 rings (SSSR count). The quantitative estimate of drug-likeness (QED) is 0.529. The van der Waals surface area contributed by atoms with Gasteiger partial charge in [0, 0.05) is 30.2 Å². The number of rotatable bonds is 6. The average molecular weight is 362 g/mol. The van der Waals surface area contributed by atoms with Crippen molar-refractivity contribution in [1.82, 2.24) is 0 Å². The number of hydrogen-bond acceptors (Lipinski definition) is 4. The van der Waals surface area contributed by atoms with Gasteiger partial charge in [0.2, 0.25) is 5.91 Å². The number of benzene rings is 2. The first-order valence-electron chi connectivity index (χ1n) is 8.55. The maximum Gasteiger partial charge on any atom is 0.267 e. The van der Waals surface area contributed by atoms with Crippen LogP contribution in [0.2, 0.25) is 0 Å². The van der Waals surface area contributed by atoms with Crippen LogP contribution in [0, 0.1) is 11.3 Å². The summed E-state index contributed by atoms with van der Waals surface area (Å²) in [5, 5.41) is 17.7. The lowest BCUT2D eigenvalue weighted by atomic mass is 10.0. The Kier molecular flexibility index (Phi) is 6.73. The van der Waals surface area contributed by atoms with Crippen LogP contribution in [0.3, 0.4) is 0 Å². The van der Waals surface area contributed by atoms with Gasteiger partial charge < -0.3 is 16.0 Å². The number of para-hydroxylation sites is 1. The van der Waals surface area contributed by atoms with Crippen molar-refractivity contribution in [1.29, 1.82) is 5.26 Å². The lowest BCUT2D eigenvalue weighted by molar-refractivity contribution is -0.114. The molecule has 3 N–H and O–H groups in total. The minimum atomic E-state index is -0.490. The first-order chi connectivity index (χ1) is 12.9. The van der Waals surface area contributed by atoms with Crippen molar-refractivity contribution in [2.75, 3.05) is 16.0 Å². The lowest BCUT2D eigenvalue weighted by Gasteiger charge is -2.13. The summed E-state index contributed by atoms with van der Waals surface area (Å²) in [7, 11) is 0. The Morgan fingerprint density at radius 2 is 1.74 bits per heavy atom. The maximum absolute atomic E-state index is 12.5. The van der Waals surface area contributed by atoms with E-state index in [1.165, 1.54) is 13.1 Å². The van der Waals surface area contributed by atoms with Crippen molar-refractivity contribution in [2.45, 2.75) is 26.7 Å². The van der Waals surface area contributed by atoms with Gasteiger partial charge in [-0.05, 0) is 35.7 Å². The standard InChI is InChI=1S/C21H22N4O2/c1-14(2)19-9-4-5-10-20(19)25-21(27)16(12-22)13-23-17-7-6-8-18(11-17)24-15(3)26/h4-11,13-14,23H,1-3H3,(H,24,26)(H,25,27)/b16-13-. The van der Waals surface area contributed by atoms with Crippen molar-refractivity contribution >= 4 is 28.9 Å². The molecule has 0 bridgehead atoms. The zero-order valence-electron chi connectivity index (χ0n) is 15.5. The summed E-state index contributed by atoms with van der Waals surface area (Å²) in [4.78, 5) is 23.6. The Balaban J connectivity index is 2.14. The predicted molar refractivity (Wildman–Crippen MR) is 107 cm³/mol. The molecule has 0 saturated carbocycles. The largest absolute Gasteiger partial charge is 0.360 e. The van der Waals surface area contributed by atoms with Crippen LogP contribution in [-0.4, -0.2) is 11.8 Å². The molecular formula is C21H22N4O2. The molecule has 6 nitrogen and oxygen atoms in total. The third-order valence-electron chi connectivity index (χ3n) is 3.76. The first kappa shape index (κ1) is 19.7.